The molecule has 1 saturated heterocycles. The fourth-order valence-electron chi connectivity index (χ4n) is 3.44. The molecule has 1 aliphatic heterocycles. The number of morpholine rings is 1. The van der Waals surface area contributed by atoms with Crippen LogP contribution in [-0.4, -0.2) is 58.7 Å². The van der Waals surface area contributed by atoms with Gasteiger partial charge in [0.2, 0.25) is 10.0 Å². The zero-order valence-corrected chi connectivity index (χ0v) is 20.2. The molecule has 0 aliphatic carbocycles. The number of sulfonamides is 1. The Balaban J connectivity index is 1.70. The van der Waals surface area contributed by atoms with E-state index in [4.69, 9.17) is 14.2 Å². The number of carbonyl (C=O) groups excluding carboxylic acids is 1. The van der Waals surface area contributed by atoms with Crippen LogP contribution in [0.5, 0.6) is 11.5 Å². The van der Waals surface area contributed by atoms with Gasteiger partial charge in [0.15, 0.2) is 11.5 Å². The number of ether oxygens (including phenoxy) is 3. The highest BCUT2D eigenvalue weighted by atomic mass is 32.2. The van der Waals surface area contributed by atoms with Gasteiger partial charge in [-0.05, 0) is 42.2 Å². The van der Waals surface area contributed by atoms with Gasteiger partial charge in [-0.15, -0.1) is 0 Å². The van der Waals surface area contributed by atoms with Gasteiger partial charge in [-0.2, -0.15) is 4.31 Å². The Bertz CT molecular complexity index is 1050. The summed E-state index contributed by atoms with van der Waals surface area (Å²) in [6.45, 7) is 6.26. The van der Waals surface area contributed by atoms with Gasteiger partial charge in [0.1, 0.15) is 0 Å². The standard InChI is InChI=1S/C24H32N2O6S/c1-18(2)10-13-32-21-9-8-19(16-22(21)30-3)24(27)25-17-20-6-4-5-7-23(20)33(28,29)26-11-14-31-15-12-26/h4-9,16,18H,10-15,17H2,1-3H3,(H,25,27). The molecule has 0 aromatic heterocycles. The van der Waals surface area contributed by atoms with Crippen LogP contribution in [0.1, 0.15) is 36.2 Å². The normalized spacial score (nSPS) is 14.8. The summed E-state index contributed by atoms with van der Waals surface area (Å²) in [6.07, 6.45) is 0.915. The van der Waals surface area contributed by atoms with E-state index < -0.39 is 10.0 Å². The fourth-order valence-corrected chi connectivity index (χ4v) is 5.07. The van der Waals surface area contributed by atoms with Crippen LogP contribution >= 0.6 is 0 Å². The molecule has 1 fully saturated rings. The predicted octanol–water partition coefficient (Wildman–Crippen LogP) is 3.07. The number of rotatable bonds is 10. The van der Waals surface area contributed by atoms with E-state index in [1.54, 1.807) is 42.5 Å². The number of amides is 1. The van der Waals surface area contributed by atoms with Gasteiger partial charge < -0.3 is 19.5 Å². The Hall–Kier alpha value is -2.62. The van der Waals surface area contributed by atoms with Gasteiger partial charge in [-0.25, -0.2) is 8.42 Å². The van der Waals surface area contributed by atoms with Crippen molar-refractivity contribution in [1.82, 2.24) is 9.62 Å². The monoisotopic (exact) mass is 476 g/mol. The molecule has 33 heavy (non-hydrogen) atoms. The van der Waals surface area contributed by atoms with Gasteiger partial charge in [0, 0.05) is 25.2 Å². The van der Waals surface area contributed by atoms with E-state index in [-0.39, 0.29) is 17.3 Å². The molecular formula is C24H32N2O6S. The summed E-state index contributed by atoms with van der Waals surface area (Å²) in [4.78, 5) is 13.0. The van der Waals surface area contributed by atoms with E-state index in [0.29, 0.717) is 61.5 Å². The summed E-state index contributed by atoms with van der Waals surface area (Å²) in [7, 11) is -2.14. The topological polar surface area (TPSA) is 94.2 Å². The molecule has 0 radical (unpaired) electrons. The predicted molar refractivity (Wildman–Crippen MR) is 125 cm³/mol. The number of hydrogen-bond donors (Lipinski definition) is 1. The fraction of sp³-hybridized carbons (Fsp3) is 0.458. The van der Waals surface area contributed by atoms with Gasteiger partial charge in [0.05, 0.1) is 31.8 Å². The summed E-state index contributed by atoms with van der Waals surface area (Å²) in [6, 6.07) is 11.7. The largest absolute Gasteiger partial charge is 0.493 e. The second kappa shape index (κ2) is 11.5. The average Bonchev–Trinajstić information content (AvgIpc) is 2.83. The minimum absolute atomic E-state index is 0.0769. The highest BCUT2D eigenvalue weighted by Gasteiger charge is 2.28. The quantitative estimate of drug-likeness (QED) is 0.566. The molecule has 1 amide bonds. The van der Waals surface area contributed by atoms with Crippen LogP contribution in [-0.2, 0) is 21.3 Å². The lowest BCUT2D eigenvalue weighted by molar-refractivity contribution is 0.0730. The molecule has 1 N–H and O–H groups in total. The smallest absolute Gasteiger partial charge is 0.251 e. The van der Waals surface area contributed by atoms with Crippen molar-refractivity contribution < 1.29 is 27.4 Å². The summed E-state index contributed by atoms with van der Waals surface area (Å²) >= 11 is 0. The van der Waals surface area contributed by atoms with E-state index >= 15 is 0 Å². The van der Waals surface area contributed by atoms with Crippen LogP contribution in [0, 0.1) is 5.92 Å². The third-order valence-corrected chi connectivity index (χ3v) is 7.38. The number of nitrogens with zero attached hydrogens (tertiary/aromatic N) is 1. The van der Waals surface area contributed by atoms with E-state index in [9.17, 15) is 13.2 Å². The minimum Gasteiger partial charge on any atom is -0.493 e. The number of carbonyl (C=O) groups is 1. The van der Waals surface area contributed by atoms with Crippen molar-refractivity contribution in [1.29, 1.82) is 0 Å². The SMILES string of the molecule is COc1cc(C(=O)NCc2ccccc2S(=O)(=O)N2CCOCC2)ccc1OCCC(C)C. The first-order chi connectivity index (χ1) is 15.8. The molecule has 0 saturated carbocycles. The van der Waals surface area contributed by atoms with Gasteiger partial charge in [0.25, 0.3) is 5.91 Å². The van der Waals surface area contributed by atoms with Crippen molar-refractivity contribution in [2.24, 2.45) is 5.92 Å². The molecule has 180 valence electrons. The second-order valence-corrected chi connectivity index (χ2v) is 10.1. The number of methoxy groups -OCH3 is 1. The molecular weight excluding hydrogens is 444 g/mol. The van der Waals surface area contributed by atoms with Crippen LogP contribution in [0.3, 0.4) is 0 Å². The minimum atomic E-state index is -3.67. The summed E-state index contributed by atoms with van der Waals surface area (Å²) in [5.41, 5.74) is 0.925. The summed E-state index contributed by atoms with van der Waals surface area (Å²) in [5, 5.41) is 2.82. The second-order valence-electron chi connectivity index (χ2n) is 8.20. The first kappa shape index (κ1) is 25.0. The average molecular weight is 477 g/mol. The van der Waals surface area contributed by atoms with E-state index in [2.05, 4.69) is 19.2 Å². The molecule has 8 nitrogen and oxygen atoms in total. The van der Waals surface area contributed by atoms with Crippen LogP contribution in [0.4, 0.5) is 0 Å². The van der Waals surface area contributed by atoms with Crippen molar-refractivity contribution in [3.8, 4) is 11.5 Å². The maximum Gasteiger partial charge on any atom is 0.251 e. The van der Waals surface area contributed by atoms with Crippen LogP contribution in [0.25, 0.3) is 0 Å². The molecule has 1 aliphatic rings. The van der Waals surface area contributed by atoms with Crippen molar-refractivity contribution in [2.75, 3.05) is 40.0 Å². The Kier molecular flexibility index (Phi) is 8.71. The molecule has 0 unspecified atom stereocenters. The molecule has 0 atom stereocenters. The van der Waals surface area contributed by atoms with Gasteiger partial charge in [-0.3, -0.25) is 4.79 Å². The lowest BCUT2D eigenvalue weighted by Crippen LogP contribution is -2.41. The molecule has 0 spiro atoms. The van der Waals surface area contributed by atoms with Gasteiger partial charge >= 0.3 is 0 Å². The lowest BCUT2D eigenvalue weighted by Gasteiger charge is -2.27. The van der Waals surface area contributed by atoms with E-state index in [1.807, 2.05) is 0 Å². The molecule has 0 bridgehead atoms. The highest BCUT2D eigenvalue weighted by molar-refractivity contribution is 7.89. The molecule has 9 heteroatoms. The molecule has 2 aromatic carbocycles. The number of benzene rings is 2. The number of hydrogen-bond acceptors (Lipinski definition) is 6. The zero-order chi connectivity index (χ0) is 23.8. The highest BCUT2D eigenvalue weighted by Crippen LogP contribution is 2.28. The van der Waals surface area contributed by atoms with Crippen molar-refractivity contribution in [3.05, 3.63) is 53.6 Å². The van der Waals surface area contributed by atoms with Crippen molar-refractivity contribution >= 4 is 15.9 Å². The van der Waals surface area contributed by atoms with Crippen LogP contribution < -0.4 is 14.8 Å². The maximum atomic E-state index is 13.1. The Morgan fingerprint density at radius 1 is 1.12 bits per heavy atom. The van der Waals surface area contributed by atoms with E-state index in [0.717, 1.165) is 6.42 Å². The Morgan fingerprint density at radius 3 is 2.55 bits per heavy atom. The first-order valence-corrected chi connectivity index (χ1v) is 12.5. The molecule has 1 heterocycles. The molecule has 2 aromatic rings. The third-order valence-electron chi connectivity index (χ3n) is 5.38. The lowest BCUT2D eigenvalue weighted by atomic mass is 10.1. The van der Waals surface area contributed by atoms with E-state index in [1.165, 1.54) is 11.4 Å². The maximum absolute atomic E-state index is 13.1. The summed E-state index contributed by atoms with van der Waals surface area (Å²) < 4.78 is 44.0. The Morgan fingerprint density at radius 2 is 1.85 bits per heavy atom. The van der Waals surface area contributed by atoms with Crippen LogP contribution in [0.2, 0.25) is 0 Å². The first-order valence-electron chi connectivity index (χ1n) is 11.1. The third kappa shape index (κ3) is 6.46. The zero-order valence-electron chi connectivity index (χ0n) is 19.4. The van der Waals surface area contributed by atoms with Crippen LogP contribution in [0.15, 0.2) is 47.4 Å². The number of nitrogens with one attached hydrogen (secondary N) is 1. The molecule has 3 rings (SSSR count). The van der Waals surface area contributed by atoms with Crippen molar-refractivity contribution in [3.63, 3.8) is 0 Å². The van der Waals surface area contributed by atoms with Crippen molar-refractivity contribution in [2.45, 2.75) is 31.7 Å². The van der Waals surface area contributed by atoms with Gasteiger partial charge in [-0.1, -0.05) is 32.0 Å². The summed E-state index contributed by atoms with van der Waals surface area (Å²) in [5.74, 6) is 1.25. The Labute approximate surface area is 195 Å².